The first-order valence-corrected chi connectivity index (χ1v) is 4.99. The van der Waals surface area contributed by atoms with Crippen molar-refractivity contribution in [2.24, 2.45) is 0 Å². The number of hydrogen-bond donors (Lipinski definition) is 0. The van der Waals surface area contributed by atoms with Crippen LogP contribution in [0.3, 0.4) is 0 Å². The summed E-state index contributed by atoms with van der Waals surface area (Å²) in [7, 11) is 0. The lowest BCUT2D eigenvalue weighted by Gasteiger charge is -2.05. The molecule has 1 saturated heterocycles. The molecule has 1 aliphatic rings. The van der Waals surface area contributed by atoms with E-state index in [0.717, 1.165) is 24.2 Å². The lowest BCUT2D eigenvalue weighted by Crippen LogP contribution is -2.14. The van der Waals surface area contributed by atoms with Gasteiger partial charge in [0.2, 0.25) is 0 Å². The van der Waals surface area contributed by atoms with Gasteiger partial charge in [-0.1, -0.05) is 23.8 Å². The third-order valence-corrected chi connectivity index (χ3v) is 2.59. The maximum atomic E-state index is 11.8. The Morgan fingerprint density at radius 2 is 2.07 bits per heavy atom. The molecule has 0 aromatic heterocycles. The molecular weight excluding hydrogens is 174 g/mol. The van der Waals surface area contributed by atoms with Gasteiger partial charge in [0.05, 0.1) is 6.54 Å². The van der Waals surface area contributed by atoms with Crippen molar-refractivity contribution < 1.29 is 4.79 Å². The zero-order valence-corrected chi connectivity index (χ0v) is 8.71. The van der Waals surface area contributed by atoms with Crippen molar-refractivity contribution in [3.8, 4) is 0 Å². The van der Waals surface area contributed by atoms with Gasteiger partial charge in [0, 0.05) is 18.7 Å². The van der Waals surface area contributed by atoms with Crippen molar-refractivity contribution in [1.29, 1.82) is 0 Å². The molecule has 2 nitrogen and oxygen atoms in total. The van der Waals surface area contributed by atoms with E-state index in [1.165, 1.54) is 5.56 Å². The molecule has 1 aromatic rings. The Balaban J connectivity index is 2.17. The van der Waals surface area contributed by atoms with Gasteiger partial charge >= 0.3 is 0 Å². The molecule has 2 heteroatoms. The summed E-state index contributed by atoms with van der Waals surface area (Å²) < 4.78 is 0. The van der Waals surface area contributed by atoms with E-state index in [2.05, 4.69) is 11.0 Å². The predicted octanol–water partition coefficient (Wildman–Crippen LogP) is 1.80. The van der Waals surface area contributed by atoms with Crippen LogP contribution in [0.4, 0.5) is 0 Å². The Morgan fingerprint density at radius 1 is 1.36 bits per heavy atom. The fourth-order valence-electron chi connectivity index (χ4n) is 1.64. The second-order valence-corrected chi connectivity index (χ2v) is 4.02. The van der Waals surface area contributed by atoms with E-state index in [-0.39, 0.29) is 5.78 Å². The fourth-order valence-corrected chi connectivity index (χ4v) is 1.64. The van der Waals surface area contributed by atoms with Gasteiger partial charge in [0.15, 0.2) is 5.78 Å². The molecule has 0 saturated carbocycles. The van der Waals surface area contributed by atoms with Crippen molar-refractivity contribution in [1.82, 2.24) is 4.90 Å². The summed E-state index contributed by atoms with van der Waals surface area (Å²) >= 11 is 0. The molecule has 0 unspecified atom stereocenters. The molecule has 0 atom stereocenters. The standard InChI is InChI=1S/C12H15NO/c1-9-3-4-11(10(2)7-9)12(14)8-13-5-6-13/h3-4,7H,5-6,8H2,1-2H3. The Hall–Kier alpha value is -1.15. The Morgan fingerprint density at radius 3 is 2.64 bits per heavy atom. The number of rotatable bonds is 3. The highest BCUT2D eigenvalue weighted by atomic mass is 16.1. The van der Waals surface area contributed by atoms with Crippen LogP contribution < -0.4 is 0 Å². The van der Waals surface area contributed by atoms with Crippen LogP contribution in [-0.2, 0) is 0 Å². The Labute approximate surface area is 84.5 Å². The number of benzene rings is 1. The van der Waals surface area contributed by atoms with Gasteiger partial charge in [-0.3, -0.25) is 9.69 Å². The van der Waals surface area contributed by atoms with Gasteiger partial charge < -0.3 is 0 Å². The molecule has 2 rings (SSSR count). The first-order valence-electron chi connectivity index (χ1n) is 4.99. The monoisotopic (exact) mass is 189 g/mol. The zero-order valence-electron chi connectivity index (χ0n) is 8.71. The van der Waals surface area contributed by atoms with E-state index in [4.69, 9.17) is 0 Å². The quantitative estimate of drug-likeness (QED) is 0.533. The number of carbonyl (C=O) groups excluding carboxylic acids is 1. The first kappa shape index (κ1) is 9.41. The van der Waals surface area contributed by atoms with Crippen molar-refractivity contribution in [2.75, 3.05) is 19.6 Å². The maximum absolute atomic E-state index is 11.8. The highest BCUT2D eigenvalue weighted by Gasteiger charge is 2.21. The number of Topliss-reactive ketones (excluding diaryl/α,β-unsaturated/α-hetero) is 1. The summed E-state index contributed by atoms with van der Waals surface area (Å²) in [5, 5.41) is 0. The summed E-state index contributed by atoms with van der Waals surface area (Å²) in [5.41, 5.74) is 3.19. The number of hydrogen-bond acceptors (Lipinski definition) is 2. The highest BCUT2D eigenvalue weighted by Crippen LogP contribution is 2.13. The van der Waals surface area contributed by atoms with Crippen LogP contribution in [0, 0.1) is 13.8 Å². The van der Waals surface area contributed by atoms with Gasteiger partial charge in [-0.25, -0.2) is 0 Å². The summed E-state index contributed by atoms with van der Waals surface area (Å²) in [6, 6.07) is 6.01. The normalized spacial score (nSPS) is 15.6. The maximum Gasteiger partial charge on any atom is 0.177 e. The molecule has 74 valence electrons. The van der Waals surface area contributed by atoms with Crippen molar-refractivity contribution >= 4 is 5.78 Å². The second-order valence-electron chi connectivity index (χ2n) is 4.02. The molecule has 1 fully saturated rings. The fraction of sp³-hybridized carbons (Fsp3) is 0.417. The van der Waals surface area contributed by atoms with Gasteiger partial charge in [0.1, 0.15) is 0 Å². The van der Waals surface area contributed by atoms with Gasteiger partial charge in [-0.2, -0.15) is 0 Å². The minimum atomic E-state index is 0.250. The number of carbonyl (C=O) groups is 1. The Bertz CT molecular complexity index is 367. The lowest BCUT2D eigenvalue weighted by atomic mass is 10.0. The van der Waals surface area contributed by atoms with Crippen LogP contribution in [0.5, 0.6) is 0 Å². The molecule has 0 amide bonds. The van der Waals surface area contributed by atoms with Crippen LogP contribution in [0.25, 0.3) is 0 Å². The van der Waals surface area contributed by atoms with E-state index < -0.39 is 0 Å². The van der Waals surface area contributed by atoms with Gasteiger partial charge in [-0.15, -0.1) is 0 Å². The predicted molar refractivity (Wildman–Crippen MR) is 56.7 cm³/mol. The summed E-state index contributed by atoms with van der Waals surface area (Å²) in [6.07, 6.45) is 0. The summed E-state index contributed by atoms with van der Waals surface area (Å²) in [5.74, 6) is 0.250. The van der Waals surface area contributed by atoms with Crippen LogP contribution in [0.1, 0.15) is 21.5 Å². The van der Waals surface area contributed by atoms with Gasteiger partial charge in [0.25, 0.3) is 0 Å². The molecule has 0 aliphatic carbocycles. The molecule has 14 heavy (non-hydrogen) atoms. The first-order chi connectivity index (χ1) is 6.66. The zero-order chi connectivity index (χ0) is 10.1. The summed E-state index contributed by atoms with van der Waals surface area (Å²) in [4.78, 5) is 13.9. The van der Waals surface area contributed by atoms with Crippen molar-refractivity contribution in [2.45, 2.75) is 13.8 Å². The largest absolute Gasteiger partial charge is 0.293 e. The number of nitrogens with zero attached hydrogens (tertiary/aromatic N) is 1. The molecule has 1 heterocycles. The van der Waals surface area contributed by atoms with Crippen LogP contribution >= 0.6 is 0 Å². The molecule has 0 radical (unpaired) electrons. The SMILES string of the molecule is Cc1ccc(C(=O)CN2CC2)c(C)c1. The van der Waals surface area contributed by atoms with Crippen molar-refractivity contribution in [3.05, 3.63) is 34.9 Å². The smallest absolute Gasteiger partial charge is 0.177 e. The topological polar surface area (TPSA) is 20.1 Å². The second kappa shape index (κ2) is 3.54. The molecule has 0 spiro atoms. The van der Waals surface area contributed by atoms with E-state index in [9.17, 15) is 4.79 Å². The number of ketones is 1. The molecule has 0 bridgehead atoms. The average Bonchev–Trinajstić information content (AvgIpc) is 2.87. The molecule has 1 aromatic carbocycles. The Kier molecular flexibility index (Phi) is 2.38. The number of aryl methyl sites for hydroxylation is 2. The van der Waals surface area contributed by atoms with Crippen LogP contribution in [-0.4, -0.2) is 30.3 Å². The van der Waals surface area contributed by atoms with E-state index in [1.54, 1.807) is 0 Å². The highest BCUT2D eigenvalue weighted by molar-refractivity contribution is 5.99. The molecular formula is C12H15NO. The van der Waals surface area contributed by atoms with Crippen molar-refractivity contribution in [3.63, 3.8) is 0 Å². The summed E-state index contributed by atoms with van der Waals surface area (Å²) in [6.45, 7) is 6.80. The van der Waals surface area contributed by atoms with E-state index >= 15 is 0 Å². The lowest BCUT2D eigenvalue weighted by molar-refractivity contribution is 0.0974. The van der Waals surface area contributed by atoms with Crippen LogP contribution in [0.15, 0.2) is 18.2 Å². The third-order valence-electron chi connectivity index (χ3n) is 2.59. The third kappa shape index (κ3) is 2.02. The minimum absolute atomic E-state index is 0.250. The van der Waals surface area contributed by atoms with E-state index in [0.29, 0.717) is 6.54 Å². The average molecular weight is 189 g/mol. The van der Waals surface area contributed by atoms with Gasteiger partial charge in [-0.05, 0) is 19.4 Å². The molecule has 1 aliphatic heterocycles. The van der Waals surface area contributed by atoms with E-state index in [1.807, 2.05) is 26.0 Å². The van der Waals surface area contributed by atoms with Crippen LogP contribution in [0.2, 0.25) is 0 Å². The molecule has 0 N–H and O–H groups in total. The minimum Gasteiger partial charge on any atom is -0.293 e.